The number of nitrogens with zero attached hydrogens (tertiary/aromatic N) is 1. The molecule has 0 aliphatic heterocycles. The second-order valence-electron chi connectivity index (χ2n) is 3.52. The van der Waals surface area contributed by atoms with Crippen LogP contribution in [0.15, 0.2) is 17.0 Å². The third-order valence-electron chi connectivity index (χ3n) is 2.16. The Morgan fingerprint density at radius 1 is 1.47 bits per heavy atom. The Morgan fingerprint density at radius 2 is 2.12 bits per heavy atom. The van der Waals surface area contributed by atoms with Gasteiger partial charge in [0, 0.05) is 0 Å². The fraction of sp³-hybridized carbons (Fsp3) is 0.400. The van der Waals surface area contributed by atoms with Crippen LogP contribution < -0.4 is 5.73 Å². The van der Waals surface area contributed by atoms with Crippen molar-refractivity contribution >= 4 is 27.3 Å². The number of nitrogens with two attached hydrogens (primary N) is 1. The zero-order chi connectivity index (χ0) is 13.1. The summed E-state index contributed by atoms with van der Waals surface area (Å²) in [6.45, 7) is 1.88. The standard InChI is InChI=1S/C10H13ClN2O3S/c1-2-3-6-17(15,16)7-4-5-8(11)13-9(7)10(12)14/h4-5H,2-3,6H2,1H3,(H2,12,14). The summed E-state index contributed by atoms with van der Waals surface area (Å²) >= 11 is 5.60. The molecule has 7 heteroatoms. The molecule has 1 amide bonds. The van der Waals surface area contributed by atoms with E-state index in [1.165, 1.54) is 12.1 Å². The molecule has 1 heterocycles. The normalized spacial score (nSPS) is 11.4. The number of primary amides is 1. The summed E-state index contributed by atoms with van der Waals surface area (Å²) in [5, 5.41) is 0.0354. The number of pyridine rings is 1. The molecule has 2 N–H and O–H groups in total. The predicted molar refractivity (Wildman–Crippen MR) is 64.7 cm³/mol. The lowest BCUT2D eigenvalue weighted by Crippen LogP contribution is -2.19. The van der Waals surface area contributed by atoms with Crippen LogP contribution in [-0.2, 0) is 9.84 Å². The highest BCUT2D eigenvalue weighted by Crippen LogP contribution is 2.19. The molecule has 0 saturated carbocycles. The fourth-order valence-electron chi connectivity index (χ4n) is 1.29. The third kappa shape index (κ3) is 3.41. The highest BCUT2D eigenvalue weighted by Gasteiger charge is 2.22. The molecule has 0 atom stereocenters. The third-order valence-corrected chi connectivity index (χ3v) is 4.20. The molecule has 1 aromatic heterocycles. The second kappa shape index (κ2) is 5.46. The lowest BCUT2D eigenvalue weighted by molar-refractivity contribution is 0.0992. The van der Waals surface area contributed by atoms with Crippen molar-refractivity contribution in [3.05, 3.63) is 23.0 Å². The molecule has 0 spiro atoms. The van der Waals surface area contributed by atoms with E-state index in [1.54, 1.807) is 0 Å². The number of sulfone groups is 1. The van der Waals surface area contributed by atoms with Crippen molar-refractivity contribution in [3.8, 4) is 0 Å². The van der Waals surface area contributed by atoms with Crippen LogP contribution in [0.1, 0.15) is 30.3 Å². The highest BCUT2D eigenvalue weighted by atomic mass is 35.5. The van der Waals surface area contributed by atoms with Crippen LogP contribution in [0.4, 0.5) is 0 Å². The number of carbonyl (C=O) groups is 1. The van der Waals surface area contributed by atoms with E-state index in [4.69, 9.17) is 17.3 Å². The maximum atomic E-state index is 11.9. The van der Waals surface area contributed by atoms with Gasteiger partial charge in [-0.2, -0.15) is 0 Å². The van der Waals surface area contributed by atoms with Gasteiger partial charge in [-0.15, -0.1) is 0 Å². The van der Waals surface area contributed by atoms with E-state index >= 15 is 0 Å². The largest absolute Gasteiger partial charge is 0.364 e. The van der Waals surface area contributed by atoms with Gasteiger partial charge in [0.2, 0.25) is 0 Å². The highest BCUT2D eigenvalue weighted by molar-refractivity contribution is 7.91. The number of carbonyl (C=O) groups excluding carboxylic acids is 1. The van der Waals surface area contributed by atoms with Gasteiger partial charge >= 0.3 is 0 Å². The minimum Gasteiger partial charge on any atom is -0.364 e. The first kappa shape index (κ1) is 13.9. The molecule has 0 saturated heterocycles. The number of rotatable bonds is 5. The van der Waals surface area contributed by atoms with Crippen LogP contribution in [-0.4, -0.2) is 25.1 Å². The van der Waals surface area contributed by atoms with Crippen LogP contribution in [0, 0.1) is 0 Å². The maximum Gasteiger partial charge on any atom is 0.268 e. The minimum atomic E-state index is -3.54. The molecule has 1 aromatic rings. The van der Waals surface area contributed by atoms with Gasteiger partial charge in [-0.1, -0.05) is 24.9 Å². The minimum absolute atomic E-state index is 0.0346. The van der Waals surface area contributed by atoms with Gasteiger partial charge in [0.1, 0.15) is 10.8 Å². The monoisotopic (exact) mass is 276 g/mol. The van der Waals surface area contributed by atoms with Crippen molar-refractivity contribution in [2.24, 2.45) is 5.73 Å². The molecule has 0 aliphatic rings. The summed E-state index contributed by atoms with van der Waals surface area (Å²) < 4.78 is 23.9. The predicted octanol–water partition coefficient (Wildman–Crippen LogP) is 1.41. The summed E-state index contributed by atoms with van der Waals surface area (Å²) in [5.41, 5.74) is 4.79. The van der Waals surface area contributed by atoms with Crippen LogP contribution in [0.5, 0.6) is 0 Å². The first-order valence-electron chi connectivity index (χ1n) is 5.07. The Bertz CT molecular complexity index is 528. The summed E-state index contributed by atoms with van der Waals surface area (Å²) in [6, 6.07) is 2.59. The molecule has 0 unspecified atom stereocenters. The molecule has 0 aromatic carbocycles. The van der Waals surface area contributed by atoms with Gasteiger partial charge in [0.15, 0.2) is 9.84 Å². The van der Waals surface area contributed by atoms with Gasteiger partial charge < -0.3 is 5.73 Å². The van der Waals surface area contributed by atoms with E-state index in [1.807, 2.05) is 6.92 Å². The lowest BCUT2D eigenvalue weighted by Gasteiger charge is -2.07. The van der Waals surface area contributed by atoms with E-state index in [0.717, 1.165) is 6.42 Å². The number of aromatic nitrogens is 1. The Kier molecular flexibility index (Phi) is 4.47. The van der Waals surface area contributed by atoms with Crippen molar-refractivity contribution in [1.82, 2.24) is 4.98 Å². The van der Waals surface area contributed by atoms with E-state index in [0.29, 0.717) is 6.42 Å². The van der Waals surface area contributed by atoms with Crippen molar-refractivity contribution < 1.29 is 13.2 Å². The molecule has 17 heavy (non-hydrogen) atoms. The zero-order valence-electron chi connectivity index (χ0n) is 9.31. The van der Waals surface area contributed by atoms with Gasteiger partial charge in [-0.05, 0) is 18.6 Å². The fourth-order valence-corrected chi connectivity index (χ4v) is 3.05. The molecular weight excluding hydrogens is 264 g/mol. The van der Waals surface area contributed by atoms with E-state index < -0.39 is 15.7 Å². The SMILES string of the molecule is CCCCS(=O)(=O)c1ccc(Cl)nc1C(N)=O. The Hall–Kier alpha value is -1.14. The average Bonchev–Trinajstić information content (AvgIpc) is 2.26. The summed E-state index contributed by atoms with van der Waals surface area (Å²) in [7, 11) is -3.54. The van der Waals surface area contributed by atoms with Crippen molar-refractivity contribution in [2.45, 2.75) is 24.7 Å². The Balaban J connectivity index is 3.26. The number of unbranched alkanes of at least 4 members (excludes halogenated alkanes) is 1. The van der Waals surface area contributed by atoms with E-state index in [9.17, 15) is 13.2 Å². The average molecular weight is 277 g/mol. The number of hydrogen-bond donors (Lipinski definition) is 1. The summed E-state index contributed by atoms with van der Waals surface area (Å²) in [5.74, 6) is -0.935. The smallest absolute Gasteiger partial charge is 0.268 e. The lowest BCUT2D eigenvalue weighted by atomic mass is 10.3. The van der Waals surface area contributed by atoms with Gasteiger partial charge in [0.25, 0.3) is 5.91 Å². The molecule has 0 fully saturated rings. The first-order chi connectivity index (χ1) is 7.88. The van der Waals surface area contributed by atoms with Gasteiger partial charge in [-0.25, -0.2) is 13.4 Å². The molecule has 0 radical (unpaired) electrons. The second-order valence-corrected chi connectivity index (χ2v) is 5.98. The molecule has 1 rings (SSSR count). The van der Waals surface area contributed by atoms with Crippen molar-refractivity contribution in [3.63, 3.8) is 0 Å². The quantitative estimate of drug-likeness (QED) is 0.823. The van der Waals surface area contributed by atoms with Crippen LogP contribution in [0.2, 0.25) is 5.15 Å². The molecule has 5 nitrogen and oxygen atoms in total. The van der Waals surface area contributed by atoms with E-state index in [-0.39, 0.29) is 21.5 Å². The van der Waals surface area contributed by atoms with Crippen molar-refractivity contribution in [1.29, 1.82) is 0 Å². The Morgan fingerprint density at radius 3 is 2.65 bits per heavy atom. The van der Waals surface area contributed by atoms with Gasteiger partial charge in [0.05, 0.1) is 10.6 Å². The summed E-state index contributed by atoms with van der Waals surface area (Å²) in [6.07, 6.45) is 1.26. The summed E-state index contributed by atoms with van der Waals surface area (Å²) in [4.78, 5) is 14.6. The van der Waals surface area contributed by atoms with Crippen molar-refractivity contribution in [2.75, 3.05) is 5.75 Å². The number of amides is 1. The zero-order valence-corrected chi connectivity index (χ0v) is 10.9. The van der Waals surface area contributed by atoms with Crippen LogP contribution >= 0.6 is 11.6 Å². The molecule has 0 aliphatic carbocycles. The topological polar surface area (TPSA) is 90.1 Å². The van der Waals surface area contributed by atoms with Gasteiger partial charge in [-0.3, -0.25) is 4.79 Å². The molecular formula is C10H13ClN2O3S. The Labute approximate surface area is 105 Å². The molecule has 94 valence electrons. The maximum absolute atomic E-state index is 11.9. The van der Waals surface area contributed by atoms with Crippen LogP contribution in [0.3, 0.4) is 0 Å². The number of halogens is 1. The number of hydrogen-bond acceptors (Lipinski definition) is 4. The van der Waals surface area contributed by atoms with E-state index in [2.05, 4.69) is 4.98 Å². The molecule has 0 bridgehead atoms. The van der Waals surface area contributed by atoms with Crippen LogP contribution in [0.25, 0.3) is 0 Å². The first-order valence-corrected chi connectivity index (χ1v) is 7.10.